The summed E-state index contributed by atoms with van der Waals surface area (Å²) in [5.74, 6) is 1.58. The molecule has 1 amide bonds. The second-order valence-electron chi connectivity index (χ2n) is 9.91. The molecule has 1 aromatic carbocycles. The molecule has 0 bridgehead atoms. The lowest BCUT2D eigenvalue weighted by Gasteiger charge is -2.52. The van der Waals surface area contributed by atoms with Crippen LogP contribution in [0.15, 0.2) is 43.0 Å². The van der Waals surface area contributed by atoms with Gasteiger partial charge in [0.25, 0.3) is 0 Å². The largest absolute Gasteiger partial charge is 0.370 e. The van der Waals surface area contributed by atoms with Gasteiger partial charge >= 0.3 is 0 Å². The Hall–Kier alpha value is -2.14. The number of amides is 1. The molecular weight excluding hydrogens is 374 g/mol. The van der Waals surface area contributed by atoms with Crippen molar-refractivity contribution < 1.29 is 9.53 Å². The Kier molecular flexibility index (Phi) is 6.01. The average molecular weight is 410 g/mol. The number of benzene rings is 1. The Bertz CT molecular complexity index is 846. The Labute approximate surface area is 180 Å². The van der Waals surface area contributed by atoms with Crippen molar-refractivity contribution in [3.8, 4) is 0 Å². The molecule has 2 aliphatic rings. The number of aromatic nitrogens is 2. The molecule has 5 atom stereocenters. The Morgan fingerprint density at radius 3 is 2.73 bits per heavy atom. The van der Waals surface area contributed by atoms with E-state index in [2.05, 4.69) is 62.3 Å². The first kappa shape index (κ1) is 21.1. The van der Waals surface area contributed by atoms with Gasteiger partial charge in [0.05, 0.1) is 18.5 Å². The molecule has 2 fully saturated rings. The van der Waals surface area contributed by atoms with E-state index in [4.69, 9.17) is 4.74 Å². The normalized spacial score (nSPS) is 31.4. The number of nitrogens with zero attached hydrogens (tertiary/aromatic N) is 2. The molecule has 30 heavy (non-hydrogen) atoms. The van der Waals surface area contributed by atoms with Crippen LogP contribution in [0.1, 0.15) is 76.5 Å². The van der Waals surface area contributed by atoms with Crippen molar-refractivity contribution >= 4 is 5.91 Å². The minimum atomic E-state index is -0.276. The summed E-state index contributed by atoms with van der Waals surface area (Å²) in [6, 6.07) is 8.85. The van der Waals surface area contributed by atoms with Gasteiger partial charge in [-0.1, -0.05) is 51.5 Å². The molecule has 1 N–H and O–H groups in total. The Balaban J connectivity index is 1.55. The topological polar surface area (TPSA) is 56.2 Å². The summed E-state index contributed by atoms with van der Waals surface area (Å²) in [5.41, 5.74) is 2.28. The van der Waals surface area contributed by atoms with Crippen LogP contribution in [-0.2, 0) is 16.1 Å². The molecule has 1 aliphatic heterocycles. The van der Waals surface area contributed by atoms with E-state index in [9.17, 15) is 4.79 Å². The fourth-order valence-corrected chi connectivity index (χ4v) is 5.34. The van der Waals surface area contributed by atoms with Gasteiger partial charge in [0.15, 0.2) is 0 Å². The van der Waals surface area contributed by atoms with Crippen molar-refractivity contribution in [2.45, 2.75) is 83.6 Å². The van der Waals surface area contributed by atoms with Crippen LogP contribution in [0.4, 0.5) is 0 Å². The maximum atomic E-state index is 12.9. The molecule has 2 aromatic rings. The first-order valence-electron chi connectivity index (χ1n) is 11.4. The van der Waals surface area contributed by atoms with Gasteiger partial charge in [-0.25, -0.2) is 4.98 Å². The van der Waals surface area contributed by atoms with Gasteiger partial charge in [-0.15, -0.1) is 0 Å². The van der Waals surface area contributed by atoms with Crippen molar-refractivity contribution in [3.05, 3.63) is 54.1 Å². The summed E-state index contributed by atoms with van der Waals surface area (Å²) in [7, 11) is 0. The second kappa shape index (κ2) is 8.54. The first-order chi connectivity index (χ1) is 14.3. The molecular formula is C25H35N3O2. The second-order valence-corrected chi connectivity index (χ2v) is 9.91. The molecule has 162 valence electrons. The lowest BCUT2D eigenvalue weighted by atomic mass is 9.66. The van der Waals surface area contributed by atoms with Gasteiger partial charge in [-0.05, 0) is 42.7 Å². The summed E-state index contributed by atoms with van der Waals surface area (Å²) in [6.07, 6.45) is 9.60. The lowest BCUT2D eigenvalue weighted by Crippen LogP contribution is -2.60. The zero-order valence-corrected chi connectivity index (χ0v) is 18.7. The smallest absolute Gasteiger partial charge is 0.240 e. The molecule has 5 nitrogen and oxygen atoms in total. The Morgan fingerprint density at radius 1 is 1.30 bits per heavy atom. The zero-order valence-electron chi connectivity index (χ0n) is 18.7. The summed E-state index contributed by atoms with van der Waals surface area (Å²) < 4.78 is 8.48. The van der Waals surface area contributed by atoms with Crippen molar-refractivity contribution in [2.24, 2.45) is 11.8 Å². The number of hydrogen-bond donors (Lipinski definition) is 1. The quantitative estimate of drug-likeness (QED) is 0.768. The standard InChI is InChI=1S/C25H35N3O2/c1-17(2)19-6-8-20(9-7-19)23-14-25(4,21-10-5-18(3)13-22(21)30-23)27-24(29)15-28-12-11-26-16-28/h6-9,11-12,16-18,21-23H,5,10,13-15H2,1-4H3,(H,27,29)/t18-,21-,22-,23-,25-/m1/s1. The molecule has 1 saturated heterocycles. The van der Waals surface area contributed by atoms with Crippen LogP contribution in [0.25, 0.3) is 0 Å². The van der Waals surface area contributed by atoms with Crippen LogP contribution in [-0.4, -0.2) is 27.1 Å². The third-order valence-corrected chi connectivity index (χ3v) is 7.11. The number of nitrogens with one attached hydrogen (secondary N) is 1. The highest BCUT2D eigenvalue weighted by Gasteiger charge is 2.49. The lowest BCUT2D eigenvalue weighted by molar-refractivity contribution is -0.154. The van der Waals surface area contributed by atoms with Crippen LogP contribution in [0, 0.1) is 11.8 Å². The Morgan fingerprint density at radius 2 is 2.07 bits per heavy atom. The molecule has 0 spiro atoms. The van der Waals surface area contributed by atoms with E-state index in [1.165, 1.54) is 17.5 Å². The van der Waals surface area contributed by atoms with Crippen molar-refractivity contribution in [2.75, 3.05) is 0 Å². The molecule has 1 aromatic heterocycles. The third-order valence-electron chi connectivity index (χ3n) is 7.11. The van der Waals surface area contributed by atoms with Gasteiger partial charge in [0.2, 0.25) is 5.91 Å². The van der Waals surface area contributed by atoms with Gasteiger partial charge < -0.3 is 14.6 Å². The molecule has 0 radical (unpaired) electrons. The molecule has 1 aliphatic carbocycles. The van der Waals surface area contributed by atoms with E-state index in [0.29, 0.717) is 24.3 Å². The van der Waals surface area contributed by atoms with Crippen molar-refractivity contribution in [1.82, 2.24) is 14.9 Å². The van der Waals surface area contributed by atoms with Crippen LogP contribution in [0.3, 0.4) is 0 Å². The summed E-state index contributed by atoms with van der Waals surface area (Å²) >= 11 is 0. The number of carbonyl (C=O) groups excluding carboxylic acids is 1. The summed E-state index contributed by atoms with van der Waals surface area (Å²) in [6.45, 7) is 9.28. The molecule has 0 unspecified atom stereocenters. The number of fused-ring (bicyclic) bond motifs is 1. The third kappa shape index (κ3) is 4.46. The fourth-order valence-electron chi connectivity index (χ4n) is 5.34. The van der Waals surface area contributed by atoms with Gasteiger partial charge in [-0.3, -0.25) is 4.79 Å². The van der Waals surface area contributed by atoms with Crippen LogP contribution < -0.4 is 5.32 Å². The van der Waals surface area contributed by atoms with E-state index in [1.807, 2.05) is 10.8 Å². The predicted molar refractivity (Wildman–Crippen MR) is 118 cm³/mol. The predicted octanol–water partition coefficient (Wildman–Crippen LogP) is 4.85. The number of carbonyl (C=O) groups is 1. The van der Waals surface area contributed by atoms with E-state index >= 15 is 0 Å². The maximum absolute atomic E-state index is 12.9. The van der Waals surface area contributed by atoms with Crippen LogP contribution in [0.5, 0.6) is 0 Å². The van der Waals surface area contributed by atoms with Crippen molar-refractivity contribution in [1.29, 1.82) is 0 Å². The number of imidazole rings is 1. The highest BCUT2D eigenvalue weighted by atomic mass is 16.5. The zero-order chi connectivity index (χ0) is 21.3. The summed E-state index contributed by atoms with van der Waals surface area (Å²) in [5, 5.41) is 3.41. The van der Waals surface area contributed by atoms with E-state index in [0.717, 1.165) is 19.3 Å². The summed E-state index contributed by atoms with van der Waals surface area (Å²) in [4.78, 5) is 16.9. The van der Waals surface area contributed by atoms with Gasteiger partial charge in [-0.2, -0.15) is 0 Å². The van der Waals surface area contributed by atoms with Gasteiger partial charge in [0.1, 0.15) is 6.54 Å². The molecule has 5 heteroatoms. The number of rotatable bonds is 5. The number of hydrogen-bond acceptors (Lipinski definition) is 3. The molecule has 2 heterocycles. The minimum absolute atomic E-state index is 0.0105. The maximum Gasteiger partial charge on any atom is 0.240 e. The van der Waals surface area contributed by atoms with Crippen LogP contribution in [0.2, 0.25) is 0 Å². The molecule has 1 saturated carbocycles. The highest BCUT2D eigenvalue weighted by Crippen LogP contribution is 2.48. The fraction of sp³-hybridized carbons (Fsp3) is 0.600. The highest BCUT2D eigenvalue weighted by molar-refractivity contribution is 5.76. The molecule has 4 rings (SSSR count). The van der Waals surface area contributed by atoms with Crippen LogP contribution >= 0.6 is 0 Å². The van der Waals surface area contributed by atoms with Crippen molar-refractivity contribution in [3.63, 3.8) is 0 Å². The van der Waals surface area contributed by atoms with E-state index in [1.54, 1.807) is 12.5 Å². The number of ether oxygens (including phenoxy) is 1. The van der Waals surface area contributed by atoms with Gasteiger partial charge in [0, 0.05) is 30.3 Å². The van der Waals surface area contributed by atoms with E-state index in [-0.39, 0.29) is 23.7 Å². The van der Waals surface area contributed by atoms with E-state index < -0.39 is 0 Å². The monoisotopic (exact) mass is 409 g/mol. The SMILES string of the molecule is CC(C)c1ccc([C@H]2C[C@@](C)(NC(=O)Cn3ccnc3)[C@@H]3CC[C@@H](C)C[C@H]3O2)cc1. The minimum Gasteiger partial charge on any atom is -0.370 e. The first-order valence-corrected chi connectivity index (χ1v) is 11.4. The average Bonchev–Trinajstić information content (AvgIpc) is 3.20.